The van der Waals surface area contributed by atoms with Crippen molar-refractivity contribution in [2.45, 2.75) is 30.6 Å². The molecule has 3 aromatic rings. The Balaban J connectivity index is 1.64. The quantitative estimate of drug-likeness (QED) is 0.650. The molecular weight excluding hydrogens is 412 g/mol. The fourth-order valence-electron chi connectivity index (χ4n) is 3.52. The first-order valence-corrected chi connectivity index (χ1v) is 11.3. The van der Waals surface area contributed by atoms with E-state index in [0.29, 0.717) is 24.3 Å². The number of para-hydroxylation sites is 1. The lowest BCUT2D eigenvalue weighted by molar-refractivity contribution is 0.102. The van der Waals surface area contributed by atoms with E-state index < -0.39 is 15.9 Å². The van der Waals surface area contributed by atoms with Gasteiger partial charge in [-0.2, -0.15) is 4.31 Å². The van der Waals surface area contributed by atoms with E-state index in [4.69, 9.17) is 11.6 Å². The molecule has 1 amide bonds. The number of sulfonamides is 1. The summed E-state index contributed by atoms with van der Waals surface area (Å²) in [6, 6.07) is 9.72. The van der Waals surface area contributed by atoms with Crippen LogP contribution in [0, 0.1) is 0 Å². The first kappa shape index (κ1) is 19.9. The Morgan fingerprint density at radius 3 is 2.62 bits per heavy atom. The van der Waals surface area contributed by atoms with Crippen LogP contribution in [0.4, 0.5) is 5.69 Å². The first-order chi connectivity index (χ1) is 14.0. The van der Waals surface area contributed by atoms with Gasteiger partial charge in [-0.15, -0.1) is 0 Å². The van der Waals surface area contributed by atoms with Crippen LogP contribution in [0.2, 0.25) is 5.02 Å². The number of benzene rings is 2. The smallest absolute Gasteiger partial charge is 0.255 e. The number of halogens is 1. The molecule has 1 saturated heterocycles. The minimum atomic E-state index is -3.77. The van der Waals surface area contributed by atoms with Gasteiger partial charge < -0.3 is 10.3 Å². The van der Waals surface area contributed by atoms with Gasteiger partial charge in [-0.05, 0) is 43.2 Å². The lowest BCUT2D eigenvalue weighted by Crippen LogP contribution is -2.32. The number of fused-ring (bicyclic) bond motifs is 1. The van der Waals surface area contributed by atoms with Gasteiger partial charge in [0.2, 0.25) is 10.0 Å². The molecule has 1 aliphatic heterocycles. The van der Waals surface area contributed by atoms with Gasteiger partial charge in [0.1, 0.15) is 10.4 Å². The Bertz CT molecular complexity index is 1150. The summed E-state index contributed by atoms with van der Waals surface area (Å²) in [5.74, 6) is -0.426. The second kappa shape index (κ2) is 8.14. The molecule has 7 nitrogen and oxygen atoms in total. The molecule has 0 atom stereocenters. The maximum absolute atomic E-state index is 13.1. The largest absolute Gasteiger partial charge is 0.345 e. The fourth-order valence-corrected chi connectivity index (χ4v) is 5.54. The van der Waals surface area contributed by atoms with Crippen molar-refractivity contribution >= 4 is 44.3 Å². The Labute approximate surface area is 174 Å². The van der Waals surface area contributed by atoms with Crippen LogP contribution in [0.5, 0.6) is 0 Å². The third kappa shape index (κ3) is 4.01. The van der Waals surface area contributed by atoms with Crippen molar-refractivity contribution in [2.75, 3.05) is 18.4 Å². The van der Waals surface area contributed by atoms with E-state index in [1.807, 2.05) is 6.07 Å². The van der Waals surface area contributed by atoms with E-state index in [0.717, 1.165) is 31.2 Å². The average Bonchev–Trinajstić information content (AvgIpc) is 3.02. The molecule has 2 N–H and O–H groups in total. The maximum atomic E-state index is 13.1. The number of imidazole rings is 1. The number of amides is 1. The van der Waals surface area contributed by atoms with Crippen LogP contribution >= 0.6 is 11.6 Å². The summed E-state index contributed by atoms with van der Waals surface area (Å²) >= 11 is 6.22. The van der Waals surface area contributed by atoms with E-state index in [1.54, 1.807) is 18.5 Å². The molecule has 9 heteroatoms. The van der Waals surface area contributed by atoms with Crippen LogP contribution in [-0.4, -0.2) is 41.7 Å². The molecule has 0 aliphatic carbocycles. The third-order valence-electron chi connectivity index (χ3n) is 5.07. The van der Waals surface area contributed by atoms with Gasteiger partial charge in [-0.25, -0.2) is 13.4 Å². The molecule has 0 spiro atoms. The van der Waals surface area contributed by atoms with Crippen molar-refractivity contribution < 1.29 is 13.2 Å². The molecule has 2 aromatic carbocycles. The zero-order chi connectivity index (χ0) is 20.4. The summed E-state index contributed by atoms with van der Waals surface area (Å²) in [5, 5.41) is 2.91. The van der Waals surface area contributed by atoms with Crippen LogP contribution in [-0.2, 0) is 10.0 Å². The molecule has 2 heterocycles. The highest BCUT2D eigenvalue weighted by molar-refractivity contribution is 7.89. The molecular formula is C20H21ClN4O3S. The number of H-pyrrole nitrogens is 1. The van der Waals surface area contributed by atoms with Gasteiger partial charge in [-0.3, -0.25) is 4.79 Å². The Kier molecular flexibility index (Phi) is 5.58. The van der Waals surface area contributed by atoms with Crippen LogP contribution in [0.1, 0.15) is 36.0 Å². The van der Waals surface area contributed by atoms with Gasteiger partial charge in [0.25, 0.3) is 5.91 Å². The number of aromatic nitrogens is 2. The van der Waals surface area contributed by atoms with Gasteiger partial charge in [0.15, 0.2) is 0 Å². The van der Waals surface area contributed by atoms with Crippen molar-refractivity contribution in [3.63, 3.8) is 0 Å². The molecule has 4 rings (SSSR count). The molecule has 29 heavy (non-hydrogen) atoms. The number of rotatable bonds is 4. The number of nitrogens with zero attached hydrogens (tertiary/aromatic N) is 2. The number of nitrogens with one attached hydrogen (secondary N) is 2. The van der Waals surface area contributed by atoms with Gasteiger partial charge >= 0.3 is 0 Å². The summed E-state index contributed by atoms with van der Waals surface area (Å²) in [5.41, 5.74) is 2.19. The van der Waals surface area contributed by atoms with Crippen LogP contribution in [0.25, 0.3) is 11.0 Å². The summed E-state index contributed by atoms with van der Waals surface area (Å²) in [4.78, 5) is 20.0. The SMILES string of the molecule is O=C(Nc1cccc2[nH]cnc12)c1ccc(Cl)c(S(=O)(=O)N2CCCCCC2)c1. The highest BCUT2D eigenvalue weighted by atomic mass is 35.5. The van der Waals surface area contributed by atoms with E-state index in [2.05, 4.69) is 15.3 Å². The van der Waals surface area contributed by atoms with Crippen LogP contribution < -0.4 is 5.32 Å². The number of carbonyl (C=O) groups excluding carboxylic acids is 1. The monoisotopic (exact) mass is 432 g/mol. The first-order valence-electron chi connectivity index (χ1n) is 9.50. The van der Waals surface area contributed by atoms with Gasteiger partial charge in [0, 0.05) is 18.7 Å². The van der Waals surface area contributed by atoms with Crippen LogP contribution in [0.3, 0.4) is 0 Å². The summed E-state index contributed by atoms with van der Waals surface area (Å²) in [6.07, 6.45) is 5.23. The molecule has 1 fully saturated rings. The molecule has 0 unspecified atom stereocenters. The fraction of sp³-hybridized carbons (Fsp3) is 0.300. The minimum Gasteiger partial charge on any atom is -0.345 e. The van der Waals surface area contributed by atoms with E-state index >= 15 is 0 Å². The average molecular weight is 433 g/mol. The number of hydrogen-bond acceptors (Lipinski definition) is 4. The number of aromatic amines is 1. The zero-order valence-corrected chi connectivity index (χ0v) is 17.3. The van der Waals surface area contributed by atoms with Crippen molar-refractivity contribution in [3.8, 4) is 0 Å². The molecule has 1 aromatic heterocycles. The molecule has 1 aliphatic rings. The second-order valence-electron chi connectivity index (χ2n) is 7.02. The second-order valence-corrected chi connectivity index (χ2v) is 9.34. The zero-order valence-electron chi connectivity index (χ0n) is 15.7. The van der Waals surface area contributed by atoms with E-state index in [9.17, 15) is 13.2 Å². The highest BCUT2D eigenvalue weighted by Gasteiger charge is 2.28. The summed E-state index contributed by atoms with van der Waals surface area (Å²) in [7, 11) is -3.77. The number of carbonyl (C=O) groups is 1. The highest BCUT2D eigenvalue weighted by Crippen LogP contribution is 2.28. The Hall–Kier alpha value is -2.42. The predicted octanol–water partition coefficient (Wildman–Crippen LogP) is 4.03. The Morgan fingerprint density at radius 1 is 1.10 bits per heavy atom. The minimum absolute atomic E-state index is 0.0355. The molecule has 0 bridgehead atoms. The third-order valence-corrected chi connectivity index (χ3v) is 7.45. The topological polar surface area (TPSA) is 95.2 Å². The molecule has 152 valence electrons. The lowest BCUT2D eigenvalue weighted by atomic mass is 10.2. The summed E-state index contributed by atoms with van der Waals surface area (Å²) < 4.78 is 27.7. The molecule has 0 radical (unpaired) electrons. The standard InChI is InChI=1S/C20H21ClN4O3S/c21-15-9-8-14(12-18(15)29(27,28)25-10-3-1-2-4-11-25)20(26)24-17-7-5-6-16-19(17)23-13-22-16/h5-9,12-13H,1-4,10-11H2,(H,22,23)(H,24,26). The summed E-state index contributed by atoms with van der Waals surface area (Å²) in [6.45, 7) is 0.937. The van der Waals surface area contributed by atoms with Gasteiger partial charge in [0.05, 0.1) is 22.6 Å². The maximum Gasteiger partial charge on any atom is 0.255 e. The normalized spacial score (nSPS) is 15.9. The van der Waals surface area contributed by atoms with E-state index in [1.165, 1.54) is 22.5 Å². The van der Waals surface area contributed by atoms with Gasteiger partial charge in [-0.1, -0.05) is 30.5 Å². The van der Waals surface area contributed by atoms with E-state index in [-0.39, 0.29) is 15.5 Å². The number of hydrogen-bond donors (Lipinski definition) is 2. The van der Waals surface area contributed by atoms with Crippen LogP contribution in [0.15, 0.2) is 47.6 Å². The predicted molar refractivity (Wildman–Crippen MR) is 113 cm³/mol. The Morgan fingerprint density at radius 2 is 1.86 bits per heavy atom. The van der Waals surface area contributed by atoms with Crippen molar-refractivity contribution in [1.29, 1.82) is 0 Å². The molecule has 0 saturated carbocycles. The lowest BCUT2D eigenvalue weighted by Gasteiger charge is -2.21. The number of anilines is 1. The van der Waals surface area contributed by atoms with Crippen molar-refractivity contribution in [2.24, 2.45) is 0 Å². The van der Waals surface area contributed by atoms with Crippen molar-refractivity contribution in [3.05, 3.63) is 53.3 Å². The van der Waals surface area contributed by atoms with Crippen molar-refractivity contribution in [1.82, 2.24) is 14.3 Å².